The minimum absolute atomic E-state index is 0.300. The Morgan fingerprint density at radius 2 is 2.00 bits per heavy atom. The van der Waals surface area contributed by atoms with Gasteiger partial charge in [-0.05, 0) is 50.4 Å². The summed E-state index contributed by atoms with van der Waals surface area (Å²) in [6, 6.07) is 6.50. The molecule has 0 bridgehead atoms. The number of hydrogen-bond acceptors (Lipinski definition) is 3. The first-order valence-electron chi connectivity index (χ1n) is 7.00. The summed E-state index contributed by atoms with van der Waals surface area (Å²) in [7, 11) is 0. The molecule has 0 atom stereocenters. The van der Waals surface area contributed by atoms with Crippen molar-refractivity contribution in [3.05, 3.63) is 30.1 Å². The maximum absolute atomic E-state index is 13.3. The quantitative estimate of drug-likeness (QED) is 0.803. The number of para-hydroxylation sites is 1. The van der Waals surface area contributed by atoms with Gasteiger partial charge in [0, 0.05) is 13.2 Å². The molecule has 0 amide bonds. The smallest absolute Gasteiger partial charge is 0.165 e. The predicted octanol–water partition coefficient (Wildman–Crippen LogP) is 2.30. The second-order valence-electron chi connectivity index (χ2n) is 5.10. The van der Waals surface area contributed by atoms with Gasteiger partial charge in [-0.3, -0.25) is 0 Å². The molecular formula is C15H22FNO2. The molecular weight excluding hydrogens is 245 g/mol. The molecule has 1 aliphatic rings. The van der Waals surface area contributed by atoms with Crippen molar-refractivity contribution in [3.63, 3.8) is 0 Å². The van der Waals surface area contributed by atoms with Crippen molar-refractivity contribution < 1.29 is 14.2 Å². The summed E-state index contributed by atoms with van der Waals surface area (Å²) in [5.41, 5.74) is 0. The van der Waals surface area contributed by atoms with E-state index < -0.39 is 0 Å². The van der Waals surface area contributed by atoms with Crippen LogP contribution in [0.25, 0.3) is 0 Å². The molecule has 3 nitrogen and oxygen atoms in total. The Morgan fingerprint density at radius 1 is 1.26 bits per heavy atom. The van der Waals surface area contributed by atoms with Gasteiger partial charge in [0.1, 0.15) is 0 Å². The van der Waals surface area contributed by atoms with Crippen molar-refractivity contribution in [1.29, 1.82) is 0 Å². The molecule has 1 saturated heterocycles. The first-order chi connectivity index (χ1) is 9.29. The summed E-state index contributed by atoms with van der Waals surface area (Å²) in [5, 5.41) is 9.07. The van der Waals surface area contributed by atoms with Crippen molar-refractivity contribution in [3.8, 4) is 5.75 Å². The van der Waals surface area contributed by atoms with Crippen molar-refractivity contribution in [2.24, 2.45) is 5.92 Å². The average molecular weight is 267 g/mol. The fourth-order valence-electron chi connectivity index (χ4n) is 2.42. The van der Waals surface area contributed by atoms with Gasteiger partial charge in [0.25, 0.3) is 0 Å². The number of aliphatic hydroxyl groups excluding tert-OH is 1. The second-order valence-corrected chi connectivity index (χ2v) is 5.10. The molecule has 0 radical (unpaired) electrons. The molecule has 4 heteroatoms. The molecule has 106 valence electrons. The lowest BCUT2D eigenvalue weighted by atomic mass is 9.98. The van der Waals surface area contributed by atoms with Gasteiger partial charge in [0.05, 0.1) is 6.61 Å². The van der Waals surface area contributed by atoms with Crippen LogP contribution in [0, 0.1) is 11.7 Å². The Balaban J connectivity index is 1.61. The van der Waals surface area contributed by atoms with E-state index in [-0.39, 0.29) is 5.82 Å². The zero-order chi connectivity index (χ0) is 13.5. The molecule has 1 fully saturated rings. The number of halogens is 1. The molecule has 1 N–H and O–H groups in total. The van der Waals surface area contributed by atoms with Crippen LogP contribution in [0.4, 0.5) is 4.39 Å². The van der Waals surface area contributed by atoms with Crippen LogP contribution in [0.5, 0.6) is 5.75 Å². The summed E-state index contributed by atoms with van der Waals surface area (Å²) >= 11 is 0. The second kappa shape index (κ2) is 7.46. The van der Waals surface area contributed by atoms with Gasteiger partial charge in [0.2, 0.25) is 0 Å². The minimum Gasteiger partial charge on any atom is -0.490 e. The average Bonchev–Trinajstić information content (AvgIpc) is 2.46. The molecule has 1 heterocycles. The lowest BCUT2D eigenvalue weighted by Gasteiger charge is -2.30. The maximum Gasteiger partial charge on any atom is 0.165 e. The molecule has 0 aromatic heterocycles. The van der Waals surface area contributed by atoms with E-state index in [1.165, 1.54) is 6.07 Å². The largest absolute Gasteiger partial charge is 0.490 e. The van der Waals surface area contributed by atoms with E-state index in [1.54, 1.807) is 18.2 Å². The van der Waals surface area contributed by atoms with Crippen LogP contribution in [0.1, 0.15) is 19.3 Å². The van der Waals surface area contributed by atoms with Gasteiger partial charge in [0.15, 0.2) is 11.6 Å². The highest BCUT2D eigenvalue weighted by atomic mass is 19.1. The van der Waals surface area contributed by atoms with E-state index in [2.05, 4.69) is 4.90 Å². The Bertz CT molecular complexity index is 378. The van der Waals surface area contributed by atoms with Gasteiger partial charge in [-0.2, -0.15) is 0 Å². The van der Waals surface area contributed by atoms with Gasteiger partial charge >= 0.3 is 0 Å². The highest BCUT2D eigenvalue weighted by molar-refractivity contribution is 5.23. The maximum atomic E-state index is 13.3. The zero-order valence-corrected chi connectivity index (χ0v) is 11.2. The standard InChI is InChI=1S/C15H22FNO2/c16-14-4-1-2-5-15(14)19-11-3-8-17-9-6-13(12-18)7-10-17/h1-2,4-5,13,18H,3,6-12H2. The lowest BCUT2D eigenvalue weighted by Crippen LogP contribution is -2.35. The topological polar surface area (TPSA) is 32.7 Å². The van der Waals surface area contributed by atoms with Crippen LogP contribution in [0.2, 0.25) is 0 Å². The monoisotopic (exact) mass is 267 g/mol. The minimum atomic E-state index is -0.300. The first-order valence-corrected chi connectivity index (χ1v) is 7.00. The summed E-state index contributed by atoms with van der Waals surface area (Å²) in [6.45, 7) is 3.92. The Labute approximate surface area is 114 Å². The summed E-state index contributed by atoms with van der Waals surface area (Å²) < 4.78 is 18.7. The third-order valence-corrected chi connectivity index (χ3v) is 3.68. The number of ether oxygens (including phenoxy) is 1. The summed E-state index contributed by atoms with van der Waals surface area (Å²) in [5.74, 6) is 0.513. The van der Waals surface area contributed by atoms with E-state index in [0.717, 1.165) is 38.9 Å². The van der Waals surface area contributed by atoms with Gasteiger partial charge < -0.3 is 14.7 Å². The van der Waals surface area contributed by atoms with E-state index >= 15 is 0 Å². The Morgan fingerprint density at radius 3 is 2.68 bits per heavy atom. The van der Waals surface area contributed by atoms with Gasteiger partial charge in [-0.25, -0.2) is 4.39 Å². The predicted molar refractivity (Wildman–Crippen MR) is 72.8 cm³/mol. The van der Waals surface area contributed by atoms with Gasteiger partial charge in [-0.15, -0.1) is 0 Å². The van der Waals surface area contributed by atoms with E-state index in [9.17, 15) is 4.39 Å². The first kappa shape index (κ1) is 14.3. The SMILES string of the molecule is OCC1CCN(CCCOc2ccccc2F)CC1. The van der Waals surface area contributed by atoms with E-state index in [4.69, 9.17) is 9.84 Å². The third-order valence-electron chi connectivity index (χ3n) is 3.68. The highest BCUT2D eigenvalue weighted by Gasteiger charge is 2.17. The molecule has 1 aromatic carbocycles. The molecule has 0 unspecified atom stereocenters. The van der Waals surface area contributed by atoms with Crippen molar-refractivity contribution in [2.45, 2.75) is 19.3 Å². The van der Waals surface area contributed by atoms with E-state index in [1.807, 2.05) is 0 Å². The normalized spacial score (nSPS) is 17.6. The van der Waals surface area contributed by atoms with Gasteiger partial charge in [-0.1, -0.05) is 12.1 Å². The number of benzene rings is 1. The van der Waals surface area contributed by atoms with Crippen LogP contribution < -0.4 is 4.74 Å². The number of aliphatic hydroxyl groups is 1. The third kappa shape index (κ3) is 4.48. The number of nitrogens with zero attached hydrogens (tertiary/aromatic N) is 1. The highest BCUT2D eigenvalue weighted by Crippen LogP contribution is 2.17. The molecule has 0 saturated carbocycles. The van der Waals surface area contributed by atoms with Crippen LogP contribution in [0.3, 0.4) is 0 Å². The fourth-order valence-corrected chi connectivity index (χ4v) is 2.42. The molecule has 1 aliphatic heterocycles. The molecule has 0 spiro atoms. The van der Waals surface area contributed by atoms with Crippen LogP contribution in [0.15, 0.2) is 24.3 Å². The van der Waals surface area contributed by atoms with Crippen molar-refractivity contribution in [1.82, 2.24) is 4.90 Å². The Kier molecular flexibility index (Phi) is 5.61. The molecule has 19 heavy (non-hydrogen) atoms. The van der Waals surface area contributed by atoms with Crippen molar-refractivity contribution >= 4 is 0 Å². The van der Waals surface area contributed by atoms with Crippen LogP contribution >= 0.6 is 0 Å². The molecule has 2 rings (SSSR count). The Hall–Kier alpha value is -1.13. The fraction of sp³-hybridized carbons (Fsp3) is 0.600. The van der Waals surface area contributed by atoms with Crippen molar-refractivity contribution in [2.75, 3.05) is 32.8 Å². The van der Waals surface area contributed by atoms with Crippen LogP contribution in [-0.2, 0) is 0 Å². The summed E-state index contributed by atoms with van der Waals surface area (Å²) in [4.78, 5) is 2.39. The van der Waals surface area contributed by atoms with Crippen LogP contribution in [-0.4, -0.2) is 42.9 Å². The van der Waals surface area contributed by atoms with E-state index in [0.29, 0.717) is 24.9 Å². The lowest BCUT2D eigenvalue weighted by molar-refractivity contribution is 0.126. The zero-order valence-electron chi connectivity index (χ0n) is 11.2. The number of hydrogen-bond donors (Lipinski definition) is 1. The number of rotatable bonds is 6. The number of piperidine rings is 1. The summed E-state index contributed by atoms with van der Waals surface area (Å²) in [6.07, 6.45) is 3.05. The molecule has 0 aliphatic carbocycles. The molecule has 1 aromatic rings. The number of likely N-dealkylation sites (tertiary alicyclic amines) is 1.